The molecule has 88 valence electrons. The summed E-state index contributed by atoms with van der Waals surface area (Å²) in [5.74, 6) is 0. The van der Waals surface area contributed by atoms with Crippen molar-refractivity contribution in [2.75, 3.05) is 0 Å². The van der Waals surface area contributed by atoms with Crippen LogP contribution in [0.1, 0.15) is 38.7 Å². The van der Waals surface area contributed by atoms with Crippen molar-refractivity contribution in [1.29, 1.82) is 0 Å². The third kappa shape index (κ3) is 2.96. The molecule has 0 spiro atoms. The summed E-state index contributed by atoms with van der Waals surface area (Å²) in [6.07, 6.45) is 7.35. The first-order valence-corrected chi connectivity index (χ1v) is 6.26. The predicted molar refractivity (Wildman–Crippen MR) is 67.5 cm³/mol. The molecule has 1 saturated carbocycles. The molecule has 2 rings (SSSR count). The molecule has 0 radical (unpaired) electrons. The minimum absolute atomic E-state index is 0.500. The van der Waals surface area contributed by atoms with Crippen molar-refractivity contribution in [2.24, 2.45) is 5.41 Å². The lowest BCUT2D eigenvalue weighted by molar-refractivity contribution is 0.364. The molecule has 0 aromatic carbocycles. The Labute approximate surface area is 102 Å². The van der Waals surface area contributed by atoms with E-state index in [-0.39, 0.29) is 0 Å². The van der Waals surface area contributed by atoms with Crippen LogP contribution in [0.2, 0.25) is 5.02 Å². The van der Waals surface area contributed by atoms with Crippen molar-refractivity contribution in [3.05, 3.63) is 29.0 Å². The van der Waals surface area contributed by atoms with Gasteiger partial charge in [-0.1, -0.05) is 25.4 Å². The van der Waals surface area contributed by atoms with E-state index in [4.69, 9.17) is 11.6 Å². The first-order chi connectivity index (χ1) is 7.57. The van der Waals surface area contributed by atoms with Crippen LogP contribution >= 0.6 is 11.6 Å². The standard InChI is InChI=1S/C13H19ClN2/c1-13(2)5-3-11(7-13)16-8-10-4-6-15-9-12(10)14/h4,6,9,11,16H,3,5,7-8H2,1-2H3. The zero-order valence-electron chi connectivity index (χ0n) is 9.96. The van der Waals surface area contributed by atoms with E-state index in [2.05, 4.69) is 24.1 Å². The fraction of sp³-hybridized carbons (Fsp3) is 0.615. The lowest BCUT2D eigenvalue weighted by Crippen LogP contribution is -2.26. The second-order valence-electron chi connectivity index (χ2n) is 5.45. The van der Waals surface area contributed by atoms with E-state index in [1.807, 2.05) is 6.07 Å². The van der Waals surface area contributed by atoms with E-state index in [9.17, 15) is 0 Å². The molecule has 0 amide bonds. The van der Waals surface area contributed by atoms with Crippen LogP contribution in [-0.4, -0.2) is 11.0 Å². The SMILES string of the molecule is CC1(C)CCC(NCc2ccncc2Cl)C1. The number of halogens is 1. The monoisotopic (exact) mass is 238 g/mol. The van der Waals surface area contributed by atoms with Gasteiger partial charge in [0.05, 0.1) is 5.02 Å². The lowest BCUT2D eigenvalue weighted by atomic mass is 9.92. The van der Waals surface area contributed by atoms with Gasteiger partial charge in [-0.3, -0.25) is 4.98 Å². The molecule has 3 heteroatoms. The van der Waals surface area contributed by atoms with Gasteiger partial charge in [-0.2, -0.15) is 0 Å². The number of hydrogen-bond donors (Lipinski definition) is 1. The Morgan fingerprint density at radius 1 is 1.56 bits per heavy atom. The Bertz CT molecular complexity index is 363. The number of rotatable bonds is 3. The third-order valence-corrected chi connectivity index (χ3v) is 3.75. The van der Waals surface area contributed by atoms with Crippen molar-refractivity contribution in [3.8, 4) is 0 Å². The van der Waals surface area contributed by atoms with E-state index in [0.717, 1.165) is 17.1 Å². The molecule has 1 heterocycles. The lowest BCUT2D eigenvalue weighted by Gasteiger charge is -2.18. The molecule has 0 saturated heterocycles. The van der Waals surface area contributed by atoms with Crippen LogP contribution < -0.4 is 5.32 Å². The van der Waals surface area contributed by atoms with Gasteiger partial charge >= 0.3 is 0 Å². The Morgan fingerprint density at radius 2 is 2.38 bits per heavy atom. The Morgan fingerprint density at radius 3 is 3.00 bits per heavy atom. The van der Waals surface area contributed by atoms with E-state index in [1.165, 1.54) is 19.3 Å². The Balaban J connectivity index is 1.87. The van der Waals surface area contributed by atoms with E-state index < -0.39 is 0 Å². The second-order valence-corrected chi connectivity index (χ2v) is 5.86. The number of nitrogens with one attached hydrogen (secondary N) is 1. The van der Waals surface area contributed by atoms with Crippen LogP contribution in [0.15, 0.2) is 18.5 Å². The molecule has 1 atom stereocenters. The molecule has 1 aliphatic rings. The normalized spacial score (nSPS) is 23.6. The van der Waals surface area contributed by atoms with Crippen LogP contribution in [-0.2, 0) is 6.54 Å². The van der Waals surface area contributed by atoms with Gasteiger partial charge in [-0.25, -0.2) is 0 Å². The van der Waals surface area contributed by atoms with Crippen LogP contribution in [0.5, 0.6) is 0 Å². The summed E-state index contributed by atoms with van der Waals surface area (Å²) in [5, 5.41) is 4.34. The van der Waals surface area contributed by atoms with Gasteiger partial charge in [-0.15, -0.1) is 0 Å². The van der Waals surface area contributed by atoms with E-state index >= 15 is 0 Å². The van der Waals surface area contributed by atoms with Gasteiger partial charge in [-0.05, 0) is 36.3 Å². The number of pyridine rings is 1. The maximum Gasteiger partial charge on any atom is 0.0634 e. The molecule has 1 N–H and O–H groups in total. The summed E-state index contributed by atoms with van der Waals surface area (Å²) in [4.78, 5) is 3.99. The van der Waals surface area contributed by atoms with Crippen LogP contribution in [0.4, 0.5) is 0 Å². The van der Waals surface area contributed by atoms with Crippen molar-refractivity contribution < 1.29 is 0 Å². The minimum Gasteiger partial charge on any atom is -0.310 e. The van der Waals surface area contributed by atoms with Crippen LogP contribution in [0, 0.1) is 5.41 Å². The highest BCUT2D eigenvalue weighted by Gasteiger charge is 2.30. The molecule has 1 unspecified atom stereocenters. The summed E-state index contributed by atoms with van der Waals surface area (Å²) < 4.78 is 0. The van der Waals surface area contributed by atoms with E-state index in [1.54, 1.807) is 12.4 Å². The maximum atomic E-state index is 6.06. The summed E-state index contributed by atoms with van der Waals surface area (Å²) in [6.45, 7) is 5.53. The second kappa shape index (κ2) is 4.72. The smallest absolute Gasteiger partial charge is 0.0634 e. The van der Waals surface area contributed by atoms with Crippen molar-refractivity contribution in [3.63, 3.8) is 0 Å². The van der Waals surface area contributed by atoms with Gasteiger partial charge < -0.3 is 5.32 Å². The van der Waals surface area contributed by atoms with Gasteiger partial charge in [0.1, 0.15) is 0 Å². The molecule has 1 aromatic rings. The topological polar surface area (TPSA) is 24.9 Å². The number of nitrogens with zero attached hydrogens (tertiary/aromatic N) is 1. The molecule has 16 heavy (non-hydrogen) atoms. The highest BCUT2D eigenvalue weighted by Crippen LogP contribution is 2.37. The van der Waals surface area contributed by atoms with Gasteiger partial charge in [0, 0.05) is 25.0 Å². The highest BCUT2D eigenvalue weighted by molar-refractivity contribution is 6.31. The van der Waals surface area contributed by atoms with Gasteiger partial charge in [0.25, 0.3) is 0 Å². The average molecular weight is 239 g/mol. The average Bonchev–Trinajstić information content (AvgIpc) is 2.57. The highest BCUT2D eigenvalue weighted by atomic mass is 35.5. The molecule has 1 aromatic heterocycles. The maximum absolute atomic E-state index is 6.06. The van der Waals surface area contributed by atoms with Crippen LogP contribution in [0.25, 0.3) is 0 Å². The van der Waals surface area contributed by atoms with Crippen molar-refractivity contribution in [1.82, 2.24) is 10.3 Å². The largest absolute Gasteiger partial charge is 0.310 e. The Hall–Kier alpha value is -0.600. The molecule has 2 nitrogen and oxygen atoms in total. The number of hydrogen-bond acceptors (Lipinski definition) is 2. The summed E-state index contributed by atoms with van der Waals surface area (Å²) in [6, 6.07) is 2.62. The fourth-order valence-corrected chi connectivity index (χ4v) is 2.60. The molecular formula is C13H19ClN2. The number of aromatic nitrogens is 1. The predicted octanol–water partition coefficient (Wildman–Crippen LogP) is 3.40. The van der Waals surface area contributed by atoms with Gasteiger partial charge in [0.15, 0.2) is 0 Å². The molecule has 1 fully saturated rings. The zero-order valence-corrected chi connectivity index (χ0v) is 10.7. The van der Waals surface area contributed by atoms with Crippen molar-refractivity contribution in [2.45, 2.75) is 45.7 Å². The Kier molecular flexibility index (Phi) is 3.50. The molecule has 0 aliphatic heterocycles. The van der Waals surface area contributed by atoms with Crippen molar-refractivity contribution >= 4 is 11.6 Å². The van der Waals surface area contributed by atoms with Gasteiger partial charge in [0.2, 0.25) is 0 Å². The molecule has 1 aliphatic carbocycles. The molecule has 0 bridgehead atoms. The summed E-state index contributed by atoms with van der Waals surface area (Å²) in [5.41, 5.74) is 1.64. The first kappa shape index (κ1) is 11.9. The third-order valence-electron chi connectivity index (χ3n) is 3.41. The minimum atomic E-state index is 0.500. The van der Waals surface area contributed by atoms with Crippen LogP contribution in [0.3, 0.4) is 0 Å². The first-order valence-electron chi connectivity index (χ1n) is 5.89. The summed E-state index contributed by atoms with van der Waals surface area (Å²) in [7, 11) is 0. The van der Waals surface area contributed by atoms with E-state index in [0.29, 0.717) is 11.5 Å². The fourth-order valence-electron chi connectivity index (χ4n) is 2.41. The molecular weight excluding hydrogens is 220 g/mol. The summed E-state index contributed by atoms with van der Waals surface area (Å²) >= 11 is 6.06. The zero-order chi connectivity index (χ0) is 11.6. The quantitative estimate of drug-likeness (QED) is 0.873.